The topological polar surface area (TPSA) is 0 Å². The molecule has 0 heterocycles. The molecule has 0 saturated carbocycles. The maximum atomic E-state index is 13.7. The fourth-order valence-electron chi connectivity index (χ4n) is 1.61. The lowest BCUT2D eigenvalue weighted by Gasteiger charge is -2.14. The van der Waals surface area contributed by atoms with Gasteiger partial charge in [-0.05, 0) is 29.8 Å². The van der Waals surface area contributed by atoms with Crippen molar-refractivity contribution < 1.29 is 13.2 Å². The third kappa shape index (κ3) is 3.15. The van der Waals surface area contributed by atoms with Crippen LogP contribution in [0.4, 0.5) is 13.2 Å². The van der Waals surface area contributed by atoms with E-state index in [1.54, 1.807) is 18.2 Å². The molecule has 2 aromatic rings. The summed E-state index contributed by atoms with van der Waals surface area (Å²) in [7, 11) is 0. The van der Waals surface area contributed by atoms with E-state index >= 15 is 0 Å². The zero-order valence-corrected chi connectivity index (χ0v) is 13.2. The standard InChI is InChI=1S/C13H6Br2ClF3/c14-9-2-1-6(16)3-7(9)13(15)8-4-11(18)12(19)5-10(8)17/h1-5,13H. The second kappa shape index (κ2) is 5.85. The molecule has 0 amide bonds. The monoisotopic (exact) mass is 412 g/mol. The average Bonchev–Trinajstić information content (AvgIpc) is 2.36. The maximum absolute atomic E-state index is 13.7. The van der Waals surface area contributed by atoms with Gasteiger partial charge in [-0.15, -0.1) is 0 Å². The molecular weight excluding hydrogens is 408 g/mol. The molecule has 0 bridgehead atoms. The van der Waals surface area contributed by atoms with E-state index in [4.69, 9.17) is 11.6 Å². The van der Waals surface area contributed by atoms with Gasteiger partial charge in [-0.3, -0.25) is 0 Å². The van der Waals surface area contributed by atoms with Gasteiger partial charge in [0.1, 0.15) is 5.82 Å². The summed E-state index contributed by atoms with van der Waals surface area (Å²) >= 11 is 12.5. The second-order valence-corrected chi connectivity index (χ2v) is 6.02. The fraction of sp³-hybridized carbons (Fsp3) is 0.0769. The average molecular weight is 414 g/mol. The first-order valence-electron chi connectivity index (χ1n) is 5.13. The van der Waals surface area contributed by atoms with Gasteiger partial charge >= 0.3 is 0 Å². The van der Waals surface area contributed by atoms with Crippen LogP contribution in [-0.4, -0.2) is 0 Å². The molecule has 6 heteroatoms. The van der Waals surface area contributed by atoms with Gasteiger partial charge in [-0.1, -0.05) is 43.5 Å². The Balaban J connectivity index is 2.52. The van der Waals surface area contributed by atoms with E-state index < -0.39 is 22.3 Å². The van der Waals surface area contributed by atoms with Gasteiger partial charge in [-0.2, -0.15) is 0 Å². The molecule has 0 radical (unpaired) electrons. The zero-order chi connectivity index (χ0) is 14.2. The van der Waals surface area contributed by atoms with Crippen LogP contribution >= 0.6 is 43.5 Å². The van der Waals surface area contributed by atoms with Gasteiger partial charge in [0.25, 0.3) is 0 Å². The first-order valence-corrected chi connectivity index (χ1v) is 7.22. The van der Waals surface area contributed by atoms with E-state index in [1.165, 1.54) is 0 Å². The Labute approximate surface area is 129 Å². The van der Waals surface area contributed by atoms with E-state index in [-0.39, 0.29) is 5.56 Å². The van der Waals surface area contributed by atoms with E-state index in [2.05, 4.69) is 31.9 Å². The first-order chi connectivity index (χ1) is 8.90. The highest BCUT2D eigenvalue weighted by molar-refractivity contribution is 9.11. The molecule has 1 atom stereocenters. The second-order valence-electron chi connectivity index (χ2n) is 3.82. The van der Waals surface area contributed by atoms with Crippen molar-refractivity contribution in [1.82, 2.24) is 0 Å². The molecule has 1 unspecified atom stereocenters. The van der Waals surface area contributed by atoms with Gasteiger partial charge < -0.3 is 0 Å². The summed E-state index contributed by atoms with van der Waals surface area (Å²) in [5.41, 5.74) is 0.624. The molecule has 0 saturated heterocycles. The Morgan fingerprint density at radius 3 is 2.21 bits per heavy atom. The van der Waals surface area contributed by atoms with Crippen LogP contribution in [0.2, 0.25) is 5.02 Å². The molecule has 100 valence electrons. The lowest BCUT2D eigenvalue weighted by molar-refractivity contribution is 0.491. The van der Waals surface area contributed by atoms with Crippen molar-refractivity contribution in [3.63, 3.8) is 0 Å². The van der Waals surface area contributed by atoms with Crippen LogP contribution in [0.5, 0.6) is 0 Å². The summed E-state index contributed by atoms with van der Waals surface area (Å²) in [6.45, 7) is 0. The van der Waals surface area contributed by atoms with Crippen LogP contribution < -0.4 is 0 Å². The van der Waals surface area contributed by atoms with Crippen molar-refractivity contribution in [2.45, 2.75) is 4.83 Å². The Morgan fingerprint density at radius 2 is 1.53 bits per heavy atom. The third-order valence-corrected chi connectivity index (χ3v) is 4.49. The number of rotatable bonds is 2. The van der Waals surface area contributed by atoms with Crippen molar-refractivity contribution in [2.24, 2.45) is 0 Å². The minimum atomic E-state index is -1.22. The lowest BCUT2D eigenvalue weighted by Crippen LogP contribution is -2.00. The number of alkyl halides is 1. The maximum Gasteiger partial charge on any atom is 0.161 e. The third-order valence-electron chi connectivity index (χ3n) is 2.54. The number of hydrogen-bond donors (Lipinski definition) is 0. The highest BCUT2D eigenvalue weighted by Crippen LogP contribution is 2.38. The molecule has 2 rings (SSSR count). The number of halogens is 6. The molecule has 0 fully saturated rings. The van der Waals surface area contributed by atoms with Crippen LogP contribution in [0.1, 0.15) is 16.0 Å². The van der Waals surface area contributed by atoms with Gasteiger partial charge in [0.05, 0.1) is 4.83 Å². The molecule has 0 spiro atoms. The molecule has 0 aliphatic carbocycles. The van der Waals surface area contributed by atoms with E-state index in [0.717, 1.165) is 6.07 Å². The predicted octanol–water partition coefficient (Wildman–Crippen LogP) is 6.00. The summed E-state index contributed by atoms with van der Waals surface area (Å²) in [6.07, 6.45) is 0. The first kappa shape index (κ1) is 14.9. The largest absolute Gasteiger partial charge is 0.207 e. The zero-order valence-electron chi connectivity index (χ0n) is 9.23. The number of hydrogen-bond acceptors (Lipinski definition) is 0. The highest BCUT2D eigenvalue weighted by atomic mass is 79.9. The fourth-order valence-corrected chi connectivity index (χ4v) is 3.30. The molecule has 0 N–H and O–H groups in total. The summed E-state index contributed by atoms with van der Waals surface area (Å²) in [5.74, 6) is -3.14. The molecule has 0 nitrogen and oxygen atoms in total. The normalized spacial score (nSPS) is 12.5. The van der Waals surface area contributed by atoms with Gasteiger partial charge in [0.15, 0.2) is 11.6 Å². The summed E-state index contributed by atoms with van der Waals surface area (Å²) < 4.78 is 40.5. The van der Waals surface area contributed by atoms with Crippen molar-refractivity contribution in [3.8, 4) is 0 Å². The van der Waals surface area contributed by atoms with Gasteiger partial charge in [0, 0.05) is 21.1 Å². The minimum Gasteiger partial charge on any atom is -0.207 e. The number of benzene rings is 2. The Bertz CT molecular complexity index is 632. The quantitative estimate of drug-likeness (QED) is 0.417. The molecule has 19 heavy (non-hydrogen) atoms. The smallest absolute Gasteiger partial charge is 0.161 e. The van der Waals surface area contributed by atoms with Crippen LogP contribution in [0.15, 0.2) is 34.8 Å². The van der Waals surface area contributed by atoms with Crippen molar-refractivity contribution >= 4 is 43.5 Å². The summed E-state index contributed by atoms with van der Waals surface area (Å²) in [5, 5.41) is 0.464. The lowest BCUT2D eigenvalue weighted by atomic mass is 10.0. The van der Waals surface area contributed by atoms with Crippen molar-refractivity contribution in [2.75, 3.05) is 0 Å². The molecule has 0 aromatic heterocycles. The molecule has 0 aliphatic heterocycles. The highest BCUT2D eigenvalue weighted by Gasteiger charge is 2.20. The van der Waals surface area contributed by atoms with Crippen LogP contribution in [0.3, 0.4) is 0 Å². The van der Waals surface area contributed by atoms with Crippen LogP contribution in [0, 0.1) is 17.5 Å². The van der Waals surface area contributed by atoms with E-state index in [0.29, 0.717) is 21.1 Å². The van der Waals surface area contributed by atoms with E-state index in [1.807, 2.05) is 0 Å². The Hall–Kier alpha value is -0.520. The summed E-state index contributed by atoms with van der Waals surface area (Å²) in [6, 6.07) is 6.33. The molecule has 0 aliphatic rings. The predicted molar refractivity (Wildman–Crippen MR) is 76.2 cm³/mol. The molecular formula is C13H6Br2ClF3. The van der Waals surface area contributed by atoms with Crippen molar-refractivity contribution in [3.05, 3.63) is 68.4 Å². The SMILES string of the molecule is Fc1cc(F)c(C(Br)c2cc(Cl)ccc2Br)cc1F. The van der Waals surface area contributed by atoms with Crippen LogP contribution in [-0.2, 0) is 0 Å². The summed E-state index contributed by atoms with van der Waals surface area (Å²) in [4.78, 5) is -0.643. The van der Waals surface area contributed by atoms with E-state index in [9.17, 15) is 13.2 Å². The minimum absolute atomic E-state index is 0.00173. The molecule has 2 aromatic carbocycles. The van der Waals surface area contributed by atoms with Gasteiger partial charge in [0.2, 0.25) is 0 Å². The van der Waals surface area contributed by atoms with Gasteiger partial charge in [-0.25, -0.2) is 13.2 Å². The van der Waals surface area contributed by atoms with Crippen LogP contribution in [0.25, 0.3) is 0 Å². The Morgan fingerprint density at radius 1 is 0.895 bits per heavy atom. The Kier molecular flexibility index (Phi) is 4.58. The van der Waals surface area contributed by atoms with Crippen molar-refractivity contribution in [1.29, 1.82) is 0 Å².